The maximum Gasteiger partial charge on any atom is 0.235 e. The van der Waals surface area contributed by atoms with Crippen LogP contribution in [0.25, 0.3) is 0 Å². The highest BCUT2D eigenvalue weighted by Crippen LogP contribution is 2.26. The van der Waals surface area contributed by atoms with Crippen molar-refractivity contribution in [1.82, 2.24) is 14.7 Å². The summed E-state index contributed by atoms with van der Waals surface area (Å²) in [5, 5.41) is 4.33. The van der Waals surface area contributed by atoms with Crippen LogP contribution in [0.3, 0.4) is 0 Å². The van der Waals surface area contributed by atoms with Crippen molar-refractivity contribution in [3.63, 3.8) is 0 Å². The van der Waals surface area contributed by atoms with Gasteiger partial charge in [-0.3, -0.25) is 0 Å². The average molecular weight is 240 g/mol. The van der Waals surface area contributed by atoms with Crippen molar-refractivity contribution in [1.29, 1.82) is 0 Å². The monoisotopic (exact) mass is 240 g/mol. The highest BCUT2D eigenvalue weighted by atomic mass is 16.5. The number of hydrogen-bond donors (Lipinski definition) is 1. The highest BCUT2D eigenvalue weighted by Gasteiger charge is 2.23. The molecule has 0 radical (unpaired) electrons. The molecule has 0 atom stereocenters. The first-order valence-electron chi connectivity index (χ1n) is 5.91. The molecule has 1 rings (SSSR count). The fourth-order valence-electron chi connectivity index (χ4n) is 1.38. The Labute approximate surface area is 104 Å². The van der Waals surface area contributed by atoms with Crippen molar-refractivity contribution in [2.75, 3.05) is 26.4 Å². The van der Waals surface area contributed by atoms with Gasteiger partial charge >= 0.3 is 0 Å². The van der Waals surface area contributed by atoms with Gasteiger partial charge in [-0.15, -0.1) is 0 Å². The van der Waals surface area contributed by atoms with E-state index < -0.39 is 0 Å². The van der Waals surface area contributed by atoms with Crippen molar-refractivity contribution in [2.24, 2.45) is 7.05 Å². The lowest BCUT2D eigenvalue weighted by atomic mass is 10.1. The van der Waals surface area contributed by atoms with Crippen LogP contribution >= 0.6 is 0 Å². The molecule has 0 saturated heterocycles. The summed E-state index contributed by atoms with van der Waals surface area (Å²) in [5.41, 5.74) is 7.51. The SMILES string of the molecule is CCc1nn(C)c(OCC(C)(C)N(C)C)c1N. The van der Waals surface area contributed by atoms with Gasteiger partial charge in [-0.25, -0.2) is 4.68 Å². The lowest BCUT2D eigenvalue weighted by Crippen LogP contribution is -2.43. The van der Waals surface area contributed by atoms with Gasteiger partial charge < -0.3 is 15.4 Å². The summed E-state index contributed by atoms with van der Waals surface area (Å²) in [5.74, 6) is 0.664. The first-order valence-corrected chi connectivity index (χ1v) is 5.91. The number of nitrogen functional groups attached to an aromatic ring is 1. The second-order valence-electron chi connectivity index (χ2n) is 5.14. The molecular formula is C12H24N4O. The Kier molecular flexibility index (Phi) is 4.03. The summed E-state index contributed by atoms with van der Waals surface area (Å²) < 4.78 is 7.52. The maximum atomic E-state index is 6.00. The van der Waals surface area contributed by atoms with Crippen molar-refractivity contribution in [2.45, 2.75) is 32.7 Å². The molecule has 0 aliphatic heterocycles. The molecule has 2 N–H and O–H groups in total. The molecule has 1 aromatic rings. The van der Waals surface area contributed by atoms with Gasteiger partial charge in [-0.1, -0.05) is 6.92 Å². The Balaban J connectivity index is 2.80. The summed E-state index contributed by atoms with van der Waals surface area (Å²) in [7, 11) is 5.92. The van der Waals surface area contributed by atoms with Crippen LogP contribution in [-0.2, 0) is 13.5 Å². The topological polar surface area (TPSA) is 56.3 Å². The van der Waals surface area contributed by atoms with Crippen LogP contribution in [0.4, 0.5) is 5.69 Å². The molecule has 0 aromatic carbocycles. The van der Waals surface area contributed by atoms with Crippen molar-refractivity contribution < 1.29 is 4.74 Å². The molecule has 0 unspecified atom stereocenters. The molecule has 0 bridgehead atoms. The zero-order valence-electron chi connectivity index (χ0n) is 11.7. The first kappa shape index (κ1) is 13.8. The zero-order chi connectivity index (χ0) is 13.2. The lowest BCUT2D eigenvalue weighted by molar-refractivity contribution is 0.108. The number of ether oxygens (including phenoxy) is 1. The Morgan fingerprint density at radius 2 is 2.00 bits per heavy atom. The molecule has 0 fully saturated rings. The van der Waals surface area contributed by atoms with Crippen LogP contribution in [0.2, 0.25) is 0 Å². The number of nitrogens with zero attached hydrogens (tertiary/aromatic N) is 3. The van der Waals surface area contributed by atoms with Crippen molar-refractivity contribution in [3.8, 4) is 5.88 Å². The Bertz CT molecular complexity index is 382. The standard InChI is InChI=1S/C12H24N4O/c1-7-9-10(13)11(16(6)14-9)17-8-12(2,3)15(4)5/h7-8,13H2,1-6H3. The summed E-state index contributed by atoms with van der Waals surface area (Å²) in [6.07, 6.45) is 0.820. The molecule has 17 heavy (non-hydrogen) atoms. The third kappa shape index (κ3) is 2.91. The van der Waals surface area contributed by atoms with E-state index in [0.29, 0.717) is 18.2 Å². The molecular weight excluding hydrogens is 216 g/mol. The van der Waals surface area contributed by atoms with Gasteiger partial charge in [0.25, 0.3) is 0 Å². The minimum absolute atomic E-state index is 0.0386. The third-order valence-electron chi connectivity index (χ3n) is 3.21. The smallest absolute Gasteiger partial charge is 0.235 e. The predicted molar refractivity (Wildman–Crippen MR) is 70.3 cm³/mol. The molecule has 0 aliphatic rings. The number of nitrogens with two attached hydrogens (primary N) is 1. The summed E-state index contributed by atoms with van der Waals surface area (Å²) >= 11 is 0. The fourth-order valence-corrected chi connectivity index (χ4v) is 1.38. The van der Waals surface area contributed by atoms with Gasteiger partial charge in [0.1, 0.15) is 12.3 Å². The number of aromatic nitrogens is 2. The van der Waals surface area contributed by atoms with Crippen LogP contribution in [0.15, 0.2) is 0 Å². The number of rotatable bonds is 5. The number of aryl methyl sites for hydroxylation is 2. The van der Waals surface area contributed by atoms with E-state index >= 15 is 0 Å². The van der Waals surface area contributed by atoms with Crippen LogP contribution in [-0.4, -0.2) is 40.9 Å². The lowest BCUT2D eigenvalue weighted by Gasteiger charge is -2.32. The molecule has 0 aliphatic carbocycles. The van der Waals surface area contributed by atoms with Crippen LogP contribution in [0, 0.1) is 0 Å². The second-order valence-corrected chi connectivity index (χ2v) is 5.14. The average Bonchev–Trinajstić information content (AvgIpc) is 2.51. The normalized spacial score (nSPS) is 12.2. The predicted octanol–water partition coefficient (Wildman–Crippen LogP) is 1.28. The van der Waals surface area contributed by atoms with Crippen molar-refractivity contribution in [3.05, 3.63) is 5.69 Å². The van der Waals surface area contributed by atoms with E-state index in [-0.39, 0.29) is 5.54 Å². The molecule has 1 heterocycles. The van der Waals surface area contributed by atoms with Crippen LogP contribution in [0.5, 0.6) is 5.88 Å². The molecule has 1 aromatic heterocycles. The Hall–Kier alpha value is -1.23. The van der Waals surface area contributed by atoms with E-state index in [2.05, 4.69) is 23.8 Å². The van der Waals surface area contributed by atoms with Gasteiger partial charge in [0.05, 0.1) is 5.69 Å². The van der Waals surface area contributed by atoms with E-state index in [1.807, 2.05) is 28.1 Å². The van der Waals surface area contributed by atoms with Gasteiger partial charge in [0, 0.05) is 12.6 Å². The Morgan fingerprint density at radius 1 is 1.41 bits per heavy atom. The Morgan fingerprint density at radius 3 is 2.41 bits per heavy atom. The molecule has 5 heteroatoms. The summed E-state index contributed by atoms with van der Waals surface area (Å²) in [6.45, 7) is 6.86. The van der Waals surface area contributed by atoms with Gasteiger partial charge in [0.15, 0.2) is 0 Å². The van der Waals surface area contributed by atoms with Gasteiger partial charge in [-0.05, 0) is 34.4 Å². The zero-order valence-corrected chi connectivity index (χ0v) is 11.7. The van der Waals surface area contributed by atoms with Crippen LogP contribution < -0.4 is 10.5 Å². The highest BCUT2D eigenvalue weighted by molar-refractivity contribution is 5.53. The molecule has 5 nitrogen and oxygen atoms in total. The quantitative estimate of drug-likeness (QED) is 0.842. The second kappa shape index (κ2) is 4.96. The fraction of sp³-hybridized carbons (Fsp3) is 0.750. The van der Waals surface area contributed by atoms with E-state index in [1.165, 1.54) is 0 Å². The minimum Gasteiger partial charge on any atom is -0.474 e. The number of hydrogen-bond acceptors (Lipinski definition) is 4. The van der Waals surface area contributed by atoms with Gasteiger partial charge in [-0.2, -0.15) is 5.10 Å². The molecule has 98 valence electrons. The summed E-state index contributed by atoms with van der Waals surface area (Å²) in [6, 6.07) is 0. The molecule has 0 spiro atoms. The van der Waals surface area contributed by atoms with E-state index in [4.69, 9.17) is 10.5 Å². The molecule has 0 saturated carbocycles. The largest absolute Gasteiger partial charge is 0.474 e. The number of likely N-dealkylation sites (N-methyl/N-ethyl adjacent to an activating group) is 1. The molecule has 0 amide bonds. The van der Waals surface area contributed by atoms with Gasteiger partial charge in [0.2, 0.25) is 5.88 Å². The van der Waals surface area contributed by atoms with Crippen LogP contribution in [0.1, 0.15) is 26.5 Å². The number of anilines is 1. The maximum absolute atomic E-state index is 6.00. The minimum atomic E-state index is -0.0386. The van der Waals surface area contributed by atoms with Crippen molar-refractivity contribution >= 4 is 5.69 Å². The van der Waals surface area contributed by atoms with E-state index in [9.17, 15) is 0 Å². The third-order valence-corrected chi connectivity index (χ3v) is 3.21. The van der Waals surface area contributed by atoms with E-state index in [0.717, 1.165) is 12.1 Å². The summed E-state index contributed by atoms with van der Waals surface area (Å²) in [4.78, 5) is 2.13. The van der Waals surface area contributed by atoms with E-state index in [1.54, 1.807) is 4.68 Å². The first-order chi connectivity index (χ1) is 7.79.